The van der Waals surface area contributed by atoms with Crippen molar-refractivity contribution in [1.82, 2.24) is 19.8 Å². The van der Waals surface area contributed by atoms with Crippen molar-refractivity contribution in [3.05, 3.63) is 22.2 Å². The Labute approximate surface area is 241 Å². The molecule has 9 nitrogen and oxygen atoms in total. The van der Waals surface area contributed by atoms with E-state index in [-0.39, 0.29) is 39.6 Å². The Balaban J connectivity index is 1.22. The molecule has 0 radical (unpaired) electrons. The van der Waals surface area contributed by atoms with Crippen LogP contribution in [0.2, 0.25) is 0 Å². The van der Waals surface area contributed by atoms with E-state index in [0.29, 0.717) is 37.6 Å². The SMILES string of the molecule is CC(C)(C)OC(=O)N1C2CCC1CN(c1nc(OCCCN3C4CCC3COC4)nc3c(F)c(Br)c(F)cc13)C2. The summed E-state index contributed by atoms with van der Waals surface area (Å²) < 4.78 is 47.0. The molecule has 1 amide bonds. The number of piperazine rings is 1. The van der Waals surface area contributed by atoms with E-state index in [2.05, 4.69) is 30.8 Å². The first kappa shape index (κ1) is 27.8. The van der Waals surface area contributed by atoms with Crippen LogP contribution in [0.4, 0.5) is 19.4 Å². The van der Waals surface area contributed by atoms with Crippen LogP contribution in [0.1, 0.15) is 52.9 Å². The van der Waals surface area contributed by atoms with Crippen LogP contribution in [0.25, 0.3) is 10.9 Å². The molecule has 40 heavy (non-hydrogen) atoms. The van der Waals surface area contributed by atoms with Crippen LogP contribution in [-0.4, -0.2) is 95.1 Å². The number of morpholine rings is 1. The molecule has 0 spiro atoms. The fraction of sp³-hybridized carbons (Fsp3) is 0.679. The number of amides is 1. The summed E-state index contributed by atoms with van der Waals surface area (Å²) >= 11 is 3.01. The van der Waals surface area contributed by atoms with E-state index in [1.54, 1.807) is 0 Å². The third kappa shape index (κ3) is 5.34. The third-order valence-corrected chi connectivity index (χ3v) is 9.08. The molecular weight excluding hydrogens is 588 g/mol. The summed E-state index contributed by atoms with van der Waals surface area (Å²) in [5.74, 6) is -1.10. The summed E-state index contributed by atoms with van der Waals surface area (Å²) in [5, 5.41) is 0.278. The molecule has 4 atom stereocenters. The van der Waals surface area contributed by atoms with Gasteiger partial charge in [0.15, 0.2) is 5.82 Å². The number of hydrogen-bond acceptors (Lipinski definition) is 8. The molecule has 4 bridgehead atoms. The summed E-state index contributed by atoms with van der Waals surface area (Å²) in [6, 6.07) is 2.09. The number of carbonyl (C=O) groups excluding carboxylic acids is 1. The molecule has 0 N–H and O–H groups in total. The number of fused-ring (bicyclic) bond motifs is 5. The summed E-state index contributed by atoms with van der Waals surface area (Å²) in [4.78, 5) is 28.3. The first-order chi connectivity index (χ1) is 19.1. The van der Waals surface area contributed by atoms with Gasteiger partial charge in [0.25, 0.3) is 0 Å². The number of rotatable bonds is 6. The number of hydrogen-bond donors (Lipinski definition) is 0. The minimum Gasteiger partial charge on any atom is -0.463 e. The maximum atomic E-state index is 15.3. The molecular formula is C28H36BrF2N5O4. The van der Waals surface area contributed by atoms with Crippen LogP contribution < -0.4 is 9.64 Å². The van der Waals surface area contributed by atoms with Crippen LogP contribution in [0.15, 0.2) is 10.5 Å². The van der Waals surface area contributed by atoms with Crippen molar-refractivity contribution < 1.29 is 27.8 Å². The molecule has 12 heteroatoms. The van der Waals surface area contributed by atoms with Crippen LogP contribution in [0, 0.1) is 11.6 Å². The Morgan fingerprint density at radius 2 is 1.73 bits per heavy atom. The first-order valence-corrected chi connectivity index (χ1v) is 15.0. The molecule has 4 aliphatic heterocycles. The summed E-state index contributed by atoms with van der Waals surface area (Å²) in [5.41, 5.74) is -0.589. The number of aromatic nitrogens is 2. The second kappa shape index (κ2) is 10.8. The molecule has 218 valence electrons. The highest BCUT2D eigenvalue weighted by molar-refractivity contribution is 9.10. The van der Waals surface area contributed by atoms with Gasteiger partial charge in [-0.05, 0) is 74.9 Å². The van der Waals surface area contributed by atoms with E-state index in [9.17, 15) is 9.18 Å². The standard InChI is InChI=1S/C28H36BrF2N5O4/c1-28(2,3)40-27(37)36-16-5-6-17(36)13-34(12-16)25-20-11-21(30)22(29)23(31)24(20)32-26(33-25)39-10-4-9-35-18-7-8-19(35)15-38-14-18/h11,16-19H,4-10,12-15H2,1-3H3. The Bertz CT molecular complexity index is 1260. The molecule has 0 saturated carbocycles. The minimum absolute atomic E-state index is 0.00131. The highest BCUT2D eigenvalue weighted by Gasteiger charge is 2.45. The molecule has 1 aromatic heterocycles. The number of ether oxygens (including phenoxy) is 3. The van der Waals surface area contributed by atoms with Crippen molar-refractivity contribution >= 4 is 38.7 Å². The lowest BCUT2D eigenvalue weighted by Crippen LogP contribution is -2.57. The number of nitrogens with zero attached hydrogens (tertiary/aromatic N) is 5. The Morgan fingerprint density at radius 1 is 1.07 bits per heavy atom. The van der Waals surface area contributed by atoms with Gasteiger partial charge < -0.3 is 19.1 Å². The van der Waals surface area contributed by atoms with Gasteiger partial charge in [0.1, 0.15) is 22.8 Å². The lowest BCUT2D eigenvalue weighted by molar-refractivity contribution is -0.0161. The first-order valence-electron chi connectivity index (χ1n) is 14.2. The van der Waals surface area contributed by atoms with Crippen molar-refractivity contribution in [3.63, 3.8) is 0 Å². The number of benzene rings is 1. The van der Waals surface area contributed by atoms with Crippen LogP contribution in [0.3, 0.4) is 0 Å². The van der Waals surface area contributed by atoms with Gasteiger partial charge in [-0.15, -0.1) is 0 Å². The fourth-order valence-corrected chi connectivity index (χ4v) is 6.92. The number of halogens is 3. The zero-order valence-electron chi connectivity index (χ0n) is 23.2. The highest BCUT2D eigenvalue weighted by Crippen LogP contribution is 2.38. The minimum atomic E-state index is -0.788. The van der Waals surface area contributed by atoms with E-state index in [1.165, 1.54) is 6.07 Å². The summed E-state index contributed by atoms with van der Waals surface area (Å²) in [7, 11) is 0. The predicted octanol–water partition coefficient (Wildman–Crippen LogP) is 4.89. The van der Waals surface area contributed by atoms with E-state index >= 15 is 4.39 Å². The average Bonchev–Trinajstić information content (AvgIpc) is 3.29. The van der Waals surface area contributed by atoms with Gasteiger partial charge >= 0.3 is 12.1 Å². The van der Waals surface area contributed by atoms with Gasteiger partial charge in [0.2, 0.25) is 0 Å². The van der Waals surface area contributed by atoms with Gasteiger partial charge in [-0.2, -0.15) is 9.97 Å². The van der Waals surface area contributed by atoms with Crippen LogP contribution in [0.5, 0.6) is 6.01 Å². The van der Waals surface area contributed by atoms with Crippen molar-refractivity contribution in [2.24, 2.45) is 0 Å². The van der Waals surface area contributed by atoms with Crippen molar-refractivity contribution in [2.75, 3.05) is 44.4 Å². The van der Waals surface area contributed by atoms with E-state index < -0.39 is 17.2 Å². The van der Waals surface area contributed by atoms with Crippen molar-refractivity contribution in [2.45, 2.75) is 82.6 Å². The summed E-state index contributed by atoms with van der Waals surface area (Å²) in [6.45, 7) is 9.33. The highest BCUT2D eigenvalue weighted by atomic mass is 79.9. The van der Waals surface area contributed by atoms with Gasteiger partial charge in [0, 0.05) is 37.1 Å². The van der Waals surface area contributed by atoms with E-state index in [0.717, 1.165) is 51.9 Å². The average molecular weight is 625 g/mol. The molecule has 0 aliphatic carbocycles. The van der Waals surface area contributed by atoms with E-state index in [4.69, 9.17) is 14.2 Å². The zero-order chi connectivity index (χ0) is 28.2. The normalized spacial score (nSPS) is 26.6. The molecule has 4 aliphatic rings. The molecule has 2 aromatic rings. The fourth-order valence-electron chi connectivity index (χ4n) is 6.62. The van der Waals surface area contributed by atoms with Crippen molar-refractivity contribution in [1.29, 1.82) is 0 Å². The Kier molecular flexibility index (Phi) is 7.54. The molecule has 6 rings (SSSR count). The third-order valence-electron chi connectivity index (χ3n) is 8.36. The Hall–Kier alpha value is -2.31. The number of anilines is 1. The maximum absolute atomic E-state index is 15.3. The molecule has 5 heterocycles. The quantitative estimate of drug-likeness (QED) is 0.332. The van der Waals surface area contributed by atoms with Gasteiger partial charge in [-0.1, -0.05) is 0 Å². The van der Waals surface area contributed by atoms with Gasteiger partial charge in [-0.25, -0.2) is 13.6 Å². The largest absolute Gasteiger partial charge is 0.463 e. The summed E-state index contributed by atoms with van der Waals surface area (Å²) in [6.07, 6.45) is 4.42. The molecule has 4 unspecified atom stereocenters. The van der Waals surface area contributed by atoms with Crippen molar-refractivity contribution in [3.8, 4) is 6.01 Å². The smallest absolute Gasteiger partial charge is 0.410 e. The van der Waals surface area contributed by atoms with Crippen LogP contribution >= 0.6 is 15.9 Å². The van der Waals surface area contributed by atoms with Crippen LogP contribution in [-0.2, 0) is 9.47 Å². The number of carbonyl (C=O) groups is 1. The molecule has 1 aromatic carbocycles. The van der Waals surface area contributed by atoms with Gasteiger partial charge in [0.05, 0.1) is 36.4 Å². The monoisotopic (exact) mass is 623 g/mol. The Morgan fingerprint density at radius 3 is 2.38 bits per heavy atom. The zero-order valence-corrected chi connectivity index (χ0v) is 24.8. The van der Waals surface area contributed by atoms with Gasteiger partial charge in [-0.3, -0.25) is 9.80 Å². The van der Waals surface area contributed by atoms with E-state index in [1.807, 2.05) is 30.6 Å². The predicted molar refractivity (Wildman–Crippen MR) is 149 cm³/mol. The lowest BCUT2D eigenvalue weighted by Gasteiger charge is -2.42. The molecule has 4 saturated heterocycles. The topological polar surface area (TPSA) is 80.3 Å². The maximum Gasteiger partial charge on any atom is 0.410 e. The second-order valence-corrected chi connectivity index (χ2v) is 13.0. The second-order valence-electron chi connectivity index (χ2n) is 12.3. The lowest BCUT2D eigenvalue weighted by atomic mass is 10.1. The molecule has 4 fully saturated rings.